The highest BCUT2D eigenvalue weighted by molar-refractivity contribution is 7.85. The van der Waals surface area contributed by atoms with Gasteiger partial charge in [-0.3, -0.25) is 9.35 Å². The van der Waals surface area contributed by atoms with Crippen molar-refractivity contribution in [3.63, 3.8) is 0 Å². The summed E-state index contributed by atoms with van der Waals surface area (Å²) in [7, 11) is -4.39. The Hall–Kier alpha value is -2.52. The Morgan fingerprint density at radius 3 is 2.30 bits per heavy atom. The minimum absolute atomic E-state index is 0.0928. The first-order chi connectivity index (χ1) is 12.9. The molecule has 27 heavy (non-hydrogen) atoms. The van der Waals surface area contributed by atoms with Crippen LogP contribution in [0.2, 0.25) is 0 Å². The summed E-state index contributed by atoms with van der Waals surface area (Å²) in [6.07, 6.45) is 2.56. The summed E-state index contributed by atoms with van der Waals surface area (Å²) < 4.78 is 32.1. The highest BCUT2D eigenvalue weighted by Crippen LogP contribution is 2.19. The standard InChI is InChI=1S/C19H21NO6S/c21-12-10-20(11-13-22)17-6-3-5-16(14-17)18(23)9-8-15-4-1-2-7-19(15)27(24,25)26/h1-9,14,21-22H,10-13H2,(H,24,25,26)/b9-8+. The lowest BCUT2D eigenvalue weighted by molar-refractivity contribution is 0.104. The van der Waals surface area contributed by atoms with Gasteiger partial charge in [0.25, 0.3) is 10.1 Å². The number of rotatable bonds is 9. The molecular formula is C19H21NO6S. The SMILES string of the molecule is O=C(/C=C/c1ccccc1S(=O)(=O)O)c1cccc(N(CCO)CCO)c1. The van der Waals surface area contributed by atoms with E-state index in [4.69, 9.17) is 10.2 Å². The number of allylic oxidation sites excluding steroid dienone is 1. The van der Waals surface area contributed by atoms with Gasteiger partial charge in [-0.05, 0) is 35.9 Å². The first-order valence-electron chi connectivity index (χ1n) is 8.22. The Bertz CT molecular complexity index is 917. The Balaban J connectivity index is 2.27. The van der Waals surface area contributed by atoms with Crippen LogP contribution >= 0.6 is 0 Å². The van der Waals surface area contributed by atoms with Gasteiger partial charge in [0.1, 0.15) is 4.90 Å². The molecule has 2 rings (SSSR count). The van der Waals surface area contributed by atoms with E-state index >= 15 is 0 Å². The second-order valence-electron chi connectivity index (χ2n) is 5.70. The highest BCUT2D eigenvalue weighted by Gasteiger charge is 2.13. The van der Waals surface area contributed by atoms with Crippen LogP contribution in [0, 0.1) is 0 Å². The molecule has 2 aromatic rings. The summed E-state index contributed by atoms with van der Waals surface area (Å²) in [6, 6.07) is 12.5. The van der Waals surface area contributed by atoms with Gasteiger partial charge in [0.15, 0.2) is 5.78 Å². The van der Waals surface area contributed by atoms with Gasteiger partial charge in [0.05, 0.1) is 13.2 Å². The fourth-order valence-electron chi connectivity index (χ4n) is 2.58. The molecule has 0 aliphatic carbocycles. The molecule has 0 unspecified atom stereocenters. The smallest absolute Gasteiger partial charge is 0.295 e. The average Bonchev–Trinajstić information content (AvgIpc) is 2.65. The summed E-state index contributed by atoms with van der Waals surface area (Å²) in [5.74, 6) is -0.352. The molecule has 0 spiro atoms. The molecule has 0 aromatic heterocycles. The van der Waals surface area contributed by atoms with Crippen LogP contribution in [0.3, 0.4) is 0 Å². The van der Waals surface area contributed by atoms with Crippen LogP contribution in [-0.2, 0) is 10.1 Å². The fourth-order valence-corrected chi connectivity index (χ4v) is 3.27. The molecule has 144 valence electrons. The van der Waals surface area contributed by atoms with Gasteiger partial charge >= 0.3 is 0 Å². The molecule has 0 aliphatic rings. The molecule has 2 aromatic carbocycles. The van der Waals surface area contributed by atoms with Gasteiger partial charge < -0.3 is 15.1 Å². The van der Waals surface area contributed by atoms with Crippen LogP contribution in [-0.4, -0.2) is 55.3 Å². The van der Waals surface area contributed by atoms with E-state index in [1.165, 1.54) is 30.4 Å². The number of nitrogens with zero attached hydrogens (tertiary/aromatic N) is 1. The van der Waals surface area contributed by atoms with E-state index in [-0.39, 0.29) is 29.5 Å². The largest absolute Gasteiger partial charge is 0.395 e. The zero-order valence-corrected chi connectivity index (χ0v) is 15.3. The van der Waals surface area contributed by atoms with Crippen molar-refractivity contribution in [3.05, 3.63) is 65.7 Å². The number of carbonyl (C=O) groups is 1. The van der Waals surface area contributed by atoms with Crippen LogP contribution in [0.5, 0.6) is 0 Å². The summed E-state index contributed by atoms with van der Waals surface area (Å²) in [5, 5.41) is 18.3. The number of anilines is 1. The fraction of sp³-hybridized carbons (Fsp3) is 0.211. The summed E-state index contributed by atoms with van der Waals surface area (Å²) in [4.78, 5) is 13.9. The Morgan fingerprint density at radius 2 is 1.67 bits per heavy atom. The summed E-state index contributed by atoms with van der Waals surface area (Å²) in [5.41, 5.74) is 1.25. The molecule has 0 atom stereocenters. The van der Waals surface area contributed by atoms with Crippen molar-refractivity contribution in [2.24, 2.45) is 0 Å². The summed E-state index contributed by atoms with van der Waals surface area (Å²) >= 11 is 0. The summed E-state index contributed by atoms with van der Waals surface area (Å²) in [6.45, 7) is 0.445. The molecule has 0 amide bonds. The van der Waals surface area contributed by atoms with E-state index in [2.05, 4.69) is 0 Å². The van der Waals surface area contributed by atoms with Crippen molar-refractivity contribution in [3.8, 4) is 0 Å². The first kappa shape index (κ1) is 20.8. The number of carbonyl (C=O) groups excluding carboxylic acids is 1. The Kier molecular flexibility index (Phi) is 7.26. The maximum atomic E-state index is 12.5. The molecule has 0 bridgehead atoms. The molecule has 0 fully saturated rings. The van der Waals surface area contributed by atoms with Crippen molar-refractivity contribution in [2.75, 3.05) is 31.2 Å². The second-order valence-corrected chi connectivity index (χ2v) is 7.09. The lowest BCUT2D eigenvalue weighted by Gasteiger charge is -2.23. The van der Waals surface area contributed by atoms with E-state index in [1.807, 2.05) is 0 Å². The van der Waals surface area contributed by atoms with Crippen LogP contribution in [0.1, 0.15) is 15.9 Å². The van der Waals surface area contributed by atoms with Crippen LogP contribution < -0.4 is 4.90 Å². The predicted octanol–water partition coefficient (Wildman–Crippen LogP) is 1.62. The Morgan fingerprint density at radius 1 is 1.00 bits per heavy atom. The number of hydrogen-bond donors (Lipinski definition) is 3. The van der Waals surface area contributed by atoms with Crippen molar-refractivity contribution < 1.29 is 28.0 Å². The average molecular weight is 391 g/mol. The van der Waals surface area contributed by atoms with Crippen molar-refractivity contribution in [1.82, 2.24) is 0 Å². The molecule has 3 N–H and O–H groups in total. The van der Waals surface area contributed by atoms with Gasteiger partial charge in [-0.15, -0.1) is 0 Å². The number of benzene rings is 2. The molecule has 0 heterocycles. The molecule has 0 saturated carbocycles. The molecular weight excluding hydrogens is 370 g/mol. The van der Waals surface area contributed by atoms with E-state index in [9.17, 15) is 17.8 Å². The third-order valence-corrected chi connectivity index (χ3v) is 4.77. The predicted molar refractivity (Wildman–Crippen MR) is 102 cm³/mol. The zero-order chi connectivity index (χ0) is 19.9. The highest BCUT2D eigenvalue weighted by atomic mass is 32.2. The third kappa shape index (κ3) is 5.73. The third-order valence-electron chi connectivity index (χ3n) is 3.85. The van der Waals surface area contributed by atoms with Gasteiger partial charge in [-0.1, -0.05) is 30.3 Å². The number of ketones is 1. The number of aliphatic hydroxyl groups is 2. The lowest BCUT2D eigenvalue weighted by Crippen LogP contribution is -2.29. The topological polar surface area (TPSA) is 115 Å². The second kappa shape index (κ2) is 9.43. The molecule has 0 aliphatic heterocycles. The van der Waals surface area contributed by atoms with E-state index in [1.54, 1.807) is 35.2 Å². The van der Waals surface area contributed by atoms with Gasteiger partial charge in [0, 0.05) is 24.3 Å². The van der Waals surface area contributed by atoms with Crippen molar-refractivity contribution in [1.29, 1.82) is 0 Å². The number of aliphatic hydroxyl groups excluding tert-OH is 2. The number of hydrogen-bond acceptors (Lipinski definition) is 6. The van der Waals surface area contributed by atoms with E-state index in [0.717, 1.165) is 0 Å². The lowest BCUT2D eigenvalue weighted by atomic mass is 10.1. The molecule has 0 saturated heterocycles. The van der Waals surface area contributed by atoms with Gasteiger partial charge in [0.2, 0.25) is 0 Å². The zero-order valence-electron chi connectivity index (χ0n) is 14.5. The van der Waals surface area contributed by atoms with Gasteiger partial charge in [-0.2, -0.15) is 8.42 Å². The first-order valence-corrected chi connectivity index (χ1v) is 9.66. The quantitative estimate of drug-likeness (QED) is 0.338. The van der Waals surface area contributed by atoms with E-state index in [0.29, 0.717) is 24.3 Å². The minimum atomic E-state index is -4.39. The van der Waals surface area contributed by atoms with E-state index < -0.39 is 10.1 Å². The minimum Gasteiger partial charge on any atom is -0.395 e. The molecule has 8 heteroatoms. The monoisotopic (exact) mass is 391 g/mol. The molecule has 0 radical (unpaired) electrons. The van der Waals surface area contributed by atoms with Crippen LogP contribution in [0.4, 0.5) is 5.69 Å². The van der Waals surface area contributed by atoms with Gasteiger partial charge in [-0.25, -0.2) is 0 Å². The van der Waals surface area contributed by atoms with Crippen LogP contribution in [0.15, 0.2) is 59.5 Å². The Labute approximate surface area is 157 Å². The molecule has 7 nitrogen and oxygen atoms in total. The normalized spacial score (nSPS) is 11.7. The maximum absolute atomic E-state index is 12.5. The maximum Gasteiger partial charge on any atom is 0.295 e. The van der Waals surface area contributed by atoms with Crippen LogP contribution in [0.25, 0.3) is 6.08 Å². The van der Waals surface area contributed by atoms with Crippen molar-refractivity contribution in [2.45, 2.75) is 4.90 Å². The van der Waals surface area contributed by atoms with Crippen molar-refractivity contribution >= 4 is 27.7 Å².